The molecule has 0 saturated carbocycles. The Kier molecular flexibility index (Phi) is 3.93. The molecule has 0 amide bonds. The first-order chi connectivity index (χ1) is 9.10. The van der Waals surface area contributed by atoms with Gasteiger partial charge in [-0.15, -0.1) is 0 Å². The molecule has 0 aliphatic rings. The average Bonchev–Trinajstić information content (AvgIpc) is 2.83. The molecular weight excluding hydrogens is 245 g/mol. The Morgan fingerprint density at radius 2 is 2.32 bits per heavy atom. The van der Waals surface area contributed by atoms with Crippen LogP contribution < -0.4 is 5.32 Å². The van der Waals surface area contributed by atoms with Crippen molar-refractivity contribution in [3.8, 4) is 6.07 Å². The van der Waals surface area contributed by atoms with Crippen molar-refractivity contribution in [3.63, 3.8) is 0 Å². The van der Waals surface area contributed by atoms with Gasteiger partial charge in [-0.25, -0.2) is 9.37 Å². The molecule has 2 aromatic rings. The van der Waals surface area contributed by atoms with E-state index in [1.54, 1.807) is 18.3 Å². The zero-order chi connectivity index (χ0) is 13.8. The van der Waals surface area contributed by atoms with Crippen LogP contribution in [0.2, 0.25) is 0 Å². The quantitative estimate of drug-likeness (QED) is 0.917. The number of nitrogens with one attached hydrogen (secondary N) is 1. The highest BCUT2D eigenvalue weighted by Crippen LogP contribution is 2.14. The van der Waals surface area contributed by atoms with Gasteiger partial charge in [0.05, 0.1) is 23.9 Å². The lowest BCUT2D eigenvalue weighted by Crippen LogP contribution is -2.19. The minimum Gasteiger partial charge on any atom is -0.444 e. The second-order valence-corrected chi connectivity index (χ2v) is 4.33. The predicted molar refractivity (Wildman–Crippen MR) is 67.6 cm³/mol. The van der Waals surface area contributed by atoms with Gasteiger partial charge in [0.25, 0.3) is 0 Å². The van der Waals surface area contributed by atoms with Crippen LogP contribution in [0, 0.1) is 24.1 Å². The van der Waals surface area contributed by atoms with Gasteiger partial charge in [0.15, 0.2) is 0 Å². The van der Waals surface area contributed by atoms with Gasteiger partial charge in [-0.3, -0.25) is 0 Å². The van der Waals surface area contributed by atoms with Gasteiger partial charge < -0.3 is 9.73 Å². The summed E-state index contributed by atoms with van der Waals surface area (Å²) in [5.41, 5.74) is 0.826. The number of hydrogen-bond donors (Lipinski definition) is 1. The number of nitrogens with zero attached hydrogens (tertiary/aromatic N) is 2. The van der Waals surface area contributed by atoms with Crippen LogP contribution in [-0.2, 0) is 6.54 Å². The van der Waals surface area contributed by atoms with Crippen LogP contribution in [0.25, 0.3) is 0 Å². The van der Waals surface area contributed by atoms with Gasteiger partial charge >= 0.3 is 0 Å². The van der Waals surface area contributed by atoms with Gasteiger partial charge in [0, 0.05) is 12.1 Å². The van der Waals surface area contributed by atoms with E-state index in [0.717, 1.165) is 5.76 Å². The summed E-state index contributed by atoms with van der Waals surface area (Å²) in [4.78, 5) is 4.11. The lowest BCUT2D eigenvalue weighted by atomic mass is 10.1. The Balaban J connectivity index is 2.01. The molecule has 0 aliphatic carbocycles. The highest BCUT2D eigenvalue weighted by atomic mass is 19.1. The van der Waals surface area contributed by atoms with E-state index in [-0.39, 0.29) is 11.9 Å². The number of rotatable bonds is 4. The summed E-state index contributed by atoms with van der Waals surface area (Å²) < 4.78 is 19.1. The van der Waals surface area contributed by atoms with E-state index in [4.69, 9.17) is 9.68 Å². The molecule has 0 radical (unpaired) electrons. The highest BCUT2D eigenvalue weighted by Gasteiger charge is 2.12. The number of benzene rings is 1. The molecule has 4 nitrogen and oxygen atoms in total. The van der Waals surface area contributed by atoms with Gasteiger partial charge in [-0.2, -0.15) is 5.26 Å². The topological polar surface area (TPSA) is 61.9 Å². The number of aromatic nitrogens is 1. The van der Waals surface area contributed by atoms with E-state index < -0.39 is 0 Å². The maximum atomic E-state index is 13.7. The number of hydrogen-bond acceptors (Lipinski definition) is 4. The molecule has 98 valence electrons. The smallest absolute Gasteiger partial charge is 0.211 e. The summed E-state index contributed by atoms with van der Waals surface area (Å²) in [7, 11) is 0. The molecule has 1 aromatic heterocycles. The highest BCUT2D eigenvalue weighted by molar-refractivity contribution is 5.32. The van der Waals surface area contributed by atoms with Crippen LogP contribution in [-0.4, -0.2) is 4.98 Å². The number of aryl methyl sites for hydroxylation is 1. The van der Waals surface area contributed by atoms with Crippen molar-refractivity contribution in [2.24, 2.45) is 0 Å². The summed E-state index contributed by atoms with van der Waals surface area (Å²) >= 11 is 0. The fourth-order valence-corrected chi connectivity index (χ4v) is 1.68. The largest absolute Gasteiger partial charge is 0.444 e. The third kappa shape index (κ3) is 3.18. The van der Waals surface area contributed by atoms with Gasteiger partial charge in [0.1, 0.15) is 11.6 Å². The summed E-state index contributed by atoms with van der Waals surface area (Å²) in [5.74, 6) is 0.932. The first-order valence-corrected chi connectivity index (χ1v) is 5.94. The third-order valence-corrected chi connectivity index (χ3v) is 2.79. The Morgan fingerprint density at radius 3 is 2.89 bits per heavy atom. The first-order valence-electron chi connectivity index (χ1n) is 5.94. The Bertz CT molecular complexity index is 615. The molecule has 2 rings (SSSR count). The monoisotopic (exact) mass is 259 g/mol. The van der Waals surface area contributed by atoms with Crippen molar-refractivity contribution in [1.29, 1.82) is 5.26 Å². The summed E-state index contributed by atoms with van der Waals surface area (Å²) in [6, 6.07) is 6.23. The number of oxazole rings is 1. The molecule has 1 unspecified atom stereocenters. The van der Waals surface area contributed by atoms with E-state index in [0.29, 0.717) is 23.6 Å². The van der Waals surface area contributed by atoms with Crippen molar-refractivity contribution in [3.05, 3.63) is 53.0 Å². The molecule has 5 heteroatoms. The fraction of sp³-hybridized carbons (Fsp3) is 0.286. The molecular formula is C14H14FN3O. The van der Waals surface area contributed by atoms with E-state index in [9.17, 15) is 4.39 Å². The van der Waals surface area contributed by atoms with Crippen LogP contribution >= 0.6 is 0 Å². The van der Waals surface area contributed by atoms with Crippen molar-refractivity contribution in [2.75, 3.05) is 0 Å². The zero-order valence-corrected chi connectivity index (χ0v) is 10.8. The molecule has 0 fully saturated rings. The van der Waals surface area contributed by atoms with Crippen LogP contribution in [0.1, 0.15) is 35.7 Å². The van der Waals surface area contributed by atoms with Gasteiger partial charge in [-0.05, 0) is 26.0 Å². The molecule has 0 bridgehead atoms. The fourth-order valence-electron chi connectivity index (χ4n) is 1.68. The molecule has 0 saturated heterocycles. The van der Waals surface area contributed by atoms with E-state index in [1.165, 1.54) is 6.07 Å². The minimum absolute atomic E-state index is 0.108. The van der Waals surface area contributed by atoms with Crippen molar-refractivity contribution >= 4 is 0 Å². The lowest BCUT2D eigenvalue weighted by Gasteiger charge is -2.11. The molecule has 0 spiro atoms. The van der Waals surface area contributed by atoms with Gasteiger partial charge in [0.2, 0.25) is 5.89 Å². The normalized spacial score (nSPS) is 12.1. The van der Waals surface area contributed by atoms with Crippen LogP contribution in [0.5, 0.6) is 0 Å². The Hall–Kier alpha value is -2.19. The van der Waals surface area contributed by atoms with Crippen molar-refractivity contribution in [1.82, 2.24) is 10.3 Å². The number of halogens is 1. The summed E-state index contributed by atoms with van der Waals surface area (Å²) in [6.45, 7) is 4.07. The third-order valence-electron chi connectivity index (χ3n) is 2.79. The van der Waals surface area contributed by atoms with E-state index >= 15 is 0 Å². The Morgan fingerprint density at radius 1 is 1.53 bits per heavy atom. The van der Waals surface area contributed by atoms with Gasteiger partial charge in [-0.1, -0.05) is 6.07 Å². The molecule has 19 heavy (non-hydrogen) atoms. The maximum absolute atomic E-state index is 13.7. The van der Waals surface area contributed by atoms with Crippen LogP contribution in [0.4, 0.5) is 4.39 Å². The maximum Gasteiger partial charge on any atom is 0.211 e. The first kappa shape index (κ1) is 13.2. The minimum atomic E-state index is -0.387. The second kappa shape index (κ2) is 5.63. The van der Waals surface area contributed by atoms with E-state index in [1.807, 2.05) is 19.9 Å². The zero-order valence-electron chi connectivity index (χ0n) is 10.8. The van der Waals surface area contributed by atoms with Crippen molar-refractivity contribution < 1.29 is 8.81 Å². The molecule has 1 heterocycles. The second-order valence-electron chi connectivity index (χ2n) is 4.33. The number of nitriles is 1. The van der Waals surface area contributed by atoms with E-state index in [2.05, 4.69) is 10.3 Å². The van der Waals surface area contributed by atoms with Crippen LogP contribution in [0.3, 0.4) is 0 Å². The van der Waals surface area contributed by atoms with Crippen molar-refractivity contribution in [2.45, 2.75) is 26.4 Å². The predicted octanol–water partition coefficient (Wildman–Crippen LogP) is 2.84. The lowest BCUT2D eigenvalue weighted by molar-refractivity contribution is 0.400. The summed E-state index contributed by atoms with van der Waals surface area (Å²) in [5, 5.41) is 11.8. The molecule has 0 aliphatic heterocycles. The molecule has 1 atom stereocenters. The Labute approximate surface area is 110 Å². The standard InChI is InChI=1S/C14H14FN3O/c1-9-7-18-14(19-9)10(2)17-8-12-4-3-11(6-16)5-13(12)15/h3-5,7,10,17H,8H2,1-2H3. The average molecular weight is 259 g/mol. The molecule has 1 aromatic carbocycles. The molecule has 1 N–H and O–H groups in total. The summed E-state index contributed by atoms with van der Waals surface area (Å²) in [6.07, 6.45) is 1.65. The van der Waals surface area contributed by atoms with Crippen LogP contribution in [0.15, 0.2) is 28.8 Å². The SMILES string of the molecule is Cc1cnc(C(C)NCc2ccc(C#N)cc2F)o1.